The van der Waals surface area contributed by atoms with Crippen molar-refractivity contribution in [3.8, 4) is 0 Å². The van der Waals surface area contributed by atoms with Gasteiger partial charge in [0, 0.05) is 22.8 Å². The fourth-order valence-corrected chi connectivity index (χ4v) is 2.55. The molecule has 74 valence electrons. The van der Waals surface area contributed by atoms with Crippen LogP contribution in [-0.2, 0) is 6.42 Å². The number of benzene rings is 1. The van der Waals surface area contributed by atoms with E-state index in [2.05, 4.69) is 43.8 Å². The van der Waals surface area contributed by atoms with E-state index in [1.165, 1.54) is 15.8 Å². The number of hydrogen-bond donors (Lipinski definition) is 1. The summed E-state index contributed by atoms with van der Waals surface area (Å²) < 4.78 is 6.84. The Kier molecular flexibility index (Phi) is 3.15. The first-order valence-corrected chi connectivity index (χ1v) is 6.06. The molecule has 0 saturated carbocycles. The van der Waals surface area contributed by atoms with Crippen molar-refractivity contribution in [2.24, 2.45) is 0 Å². The Morgan fingerprint density at radius 2 is 2.36 bits per heavy atom. The van der Waals surface area contributed by atoms with E-state index >= 15 is 0 Å². The van der Waals surface area contributed by atoms with Crippen LogP contribution in [0.25, 0.3) is 10.1 Å². The predicted molar refractivity (Wildman–Crippen MR) is 65.0 cm³/mol. The fraction of sp³-hybridized carbons (Fsp3) is 0.300. The highest BCUT2D eigenvalue weighted by atomic mass is 79.9. The lowest BCUT2D eigenvalue weighted by Gasteiger charge is -1.97. The van der Waals surface area contributed by atoms with Crippen LogP contribution in [0.15, 0.2) is 22.7 Å². The van der Waals surface area contributed by atoms with Gasteiger partial charge in [-0.15, -0.1) is 0 Å². The van der Waals surface area contributed by atoms with E-state index < -0.39 is 0 Å². The average Bonchev–Trinajstić information content (AvgIpc) is 2.57. The van der Waals surface area contributed by atoms with Crippen LogP contribution in [0.1, 0.15) is 5.69 Å². The normalized spacial score (nSPS) is 11.0. The molecule has 0 amide bonds. The Hall–Kier alpha value is -0.450. The number of likely N-dealkylation sites (N-methyl/N-ethyl adjacent to an activating group) is 1. The number of nitrogens with one attached hydrogen (secondary N) is 1. The van der Waals surface area contributed by atoms with E-state index in [-0.39, 0.29) is 0 Å². The van der Waals surface area contributed by atoms with Gasteiger partial charge in [-0.25, -0.2) is 0 Å². The molecule has 4 heteroatoms. The van der Waals surface area contributed by atoms with Gasteiger partial charge in [0.15, 0.2) is 0 Å². The monoisotopic (exact) mass is 270 g/mol. The first kappa shape index (κ1) is 10.1. The molecule has 2 nitrogen and oxygen atoms in total. The molecule has 0 aliphatic rings. The molecule has 14 heavy (non-hydrogen) atoms. The third-order valence-electron chi connectivity index (χ3n) is 2.12. The van der Waals surface area contributed by atoms with Crippen molar-refractivity contribution in [3.05, 3.63) is 28.4 Å². The van der Waals surface area contributed by atoms with E-state index in [9.17, 15) is 0 Å². The first-order valence-electron chi connectivity index (χ1n) is 4.49. The van der Waals surface area contributed by atoms with E-state index in [0.717, 1.165) is 17.4 Å². The van der Waals surface area contributed by atoms with Crippen LogP contribution >= 0.6 is 27.5 Å². The van der Waals surface area contributed by atoms with E-state index in [1.54, 1.807) is 11.5 Å². The summed E-state index contributed by atoms with van der Waals surface area (Å²) in [6.45, 7) is 0.978. The van der Waals surface area contributed by atoms with Crippen molar-refractivity contribution in [1.29, 1.82) is 0 Å². The van der Waals surface area contributed by atoms with E-state index in [4.69, 9.17) is 0 Å². The molecule has 1 N–H and O–H groups in total. The maximum Gasteiger partial charge on any atom is 0.0633 e. The van der Waals surface area contributed by atoms with Gasteiger partial charge in [0.25, 0.3) is 0 Å². The van der Waals surface area contributed by atoms with Crippen LogP contribution in [-0.4, -0.2) is 18.0 Å². The van der Waals surface area contributed by atoms with Crippen LogP contribution in [0.5, 0.6) is 0 Å². The summed E-state index contributed by atoms with van der Waals surface area (Å²) >= 11 is 5.06. The van der Waals surface area contributed by atoms with Gasteiger partial charge >= 0.3 is 0 Å². The summed E-state index contributed by atoms with van der Waals surface area (Å²) in [7, 11) is 1.96. The van der Waals surface area contributed by atoms with Crippen LogP contribution in [0.3, 0.4) is 0 Å². The third-order valence-corrected chi connectivity index (χ3v) is 3.48. The zero-order valence-electron chi connectivity index (χ0n) is 7.88. The van der Waals surface area contributed by atoms with Gasteiger partial charge in [0.05, 0.1) is 10.4 Å². The van der Waals surface area contributed by atoms with E-state index in [1.807, 2.05) is 7.05 Å². The van der Waals surface area contributed by atoms with Gasteiger partial charge in [0.1, 0.15) is 0 Å². The maximum atomic E-state index is 4.45. The fourth-order valence-electron chi connectivity index (χ4n) is 1.38. The van der Waals surface area contributed by atoms with Gasteiger partial charge < -0.3 is 5.32 Å². The Labute approximate surface area is 95.6 Å². The Morgan fingerprint density at radius 1 is 1.50 bits per heavy atom. The number of nitrogens with zero attached hydrogens (tertiary/aromatic N) is 1. The molecule has 2 rings (SSSR count). The quantitative estimate of drug-likeness (QED) is 0.928. The second kappa shape index (κ2) is 4.38. The molecule has 2 aromatic rings. The van der Waals surface area contributed by atoms with Crippen molar-refractivity contribution in [3.63, 3.8) is 0 Å². The minimum atomic E-state index is 0.978. The molecule has 0 aliphatic carbocycles. The molecular formula is C10H11BrN2S. The molecule has 0 radical (unpaired) electrons. The Morgan fingerprint density at radius 3 is 3.14 bits per heavy atom. The number of fused-ring (bicyclic) bond motifs is 1. The van der Waals surface area contributed by atoms with Crippen LogP contribution in [0, 0.1) is 0 Å². The summed E-state index contributed by atoms with van der Waals surface area (Å²) in [6.07, 6.45) is 0.993. The topological polar surface area (TPSA) is 24.9 Å². The Balaban J connectivity index is 2.40. The second-order valence-electron chi connectivity index (χ2n) is 3.12. The molecule has 0 aliphatic heterocycles. The molecule has 1 heterocycles. The molecule has 0 saturated heterocycles. The maximum absolute atomic E-state index is 4.45. The minimum absolute atomic E-state index is 0.978. The first-order chi connectivity index (χ1) is 6.81. The van der Waals surface area contributed by atoms with Gasteiger partial charge in [-0.2, -0.15) is 4.37 Å². The smallest absolute Gasteiger partial charge is 0.0633 e. The van der Waals surface area contributed by atoms with Gasteiger partial charge in [0.2, 0.25) is 0 Å². The highest BCUT2D eigenvalue weighted by Crippen LogP contribution is 2.26. The molecule has 0 atom stereocenters. The van der Waals surface area contributed by atoms with Crippen LogP contribution < -0.4 is 5.32 Å². The molecule has 0 bridgehead atoms. The SMILES string of the molecule is CNCCc1nsc2ccc(Br)cc12. The minimum Gasteiger partial charge on any atom is -0.319 e. The average molecular weight is 271 g/mol. The molecule has 0 fully saturated rings. The van der Waals surface area contributed by atoms with Gasteiger partial charge in [-0.1, -0.05) is 15.9 Å². The zero-order chi connectivity index (χ0) is 9.97. The number of aromatic nitrogens is 1. The van der Waals surface area contributed by atoms with Crippen molar-refractivity contribution < 1.29 is 0 Å². The Bertz CT molecular complexity index is 439. The highest BCUT2D eigenvalue weighted by Gasteiger charge is 2.05. The lowest BCUT2D eigenvalue weighted by atomic mass is 10.2. The van der Waals surface area contributed by atoms with Crippen LogP contribution in [0.4, 0.5) is 0 Å². The summed E-state index contributed by atoms with van der Waals surface area (Å²) in [6, 6.07) is 6.31. The van der Waals surface area contributed by atoms with Crippen molar-refractivity contribution in [1.82, 2.24) is 9.69 Å². The number of hydrogen-bond acceptors (Lipinski definition) is 3. The lowest BCUT2D eigenvalue weighted by molar-refractivity contribution is 0.786. The molecule has 1 aromatic heterocycles. The van der Waals surface area contributed by atoms with E-state index in [0.29, 0.717) is 0 Å². The number of rotatable bonds is 3. The molecule has 0 spiro atoms. The summed E-state index contributed by atoms with van der Waals surface area (Å²) in [4.78, 5) is 0. The van der Waals surface area contributed by atoms with Gasteiger partial charge in [-0.3, -0.25) is 0 Å². The van der Waals surface area contributed by atoms with Crippen LogP contribution in [0.2, 0.25) is 0 Å². The second-order valence-corrected chi connectivity index (χ2v) is 4.84. The zero-order valence-corrected chi connectivity index (χ0v) is 10.3. The standard InChI is InChI=1S/C10H11BrN2S/c1-12-5-4-9-8-6-7(11)2-3-10(8)14-13-9/h2-3,6,12H,4-5H2,1H3. The van der Waals surface area contributed by atoms with Crippen molar-refractivity contribution in [2.45, 2.75) is 6.42 Å². The summed E-state index contributed by atoms with van der Waals surface area (Å²) in [5, 5.41) is 4.42. The molecule has 1 aromatic carbocycles. The van der Waals surface area contributed by atoms with Gasteiger partial charge in [-0.05, 0) is 36.8 Å². The lowest BCUT2D eigenvalue weighted by Crippen LogP contribution is -2.10. The summed E-state index contributed by atoms with van der Waals surface area (Å²) in [5.41, 5.74) is 1.20. The molecule has 0 unspecified atom stereocenters. The molecular weight excluding hydrogens is 260 g/mol. The third kappa shape index (κ3) is 1.97. The predicted octanol–water partition coefficient (Wildman–Crippen LogP) is 2.82. The van der Waals surface area contributed by atoms with Crippen molar-refractivity contribution >= 4 is 37.5 Å². The largest absolute Gasteiger partial charge is 0.319 e. The van der Waals surface area contributed by atoms with Crippen molar-refractivity contribution in [2.75, 3.05) is 13.6 Å². The highest BCUT2D eigenvalue weighted by molar-refractivity contribution is 9.10. The number of halogens is 1. The summed E-state index contributed by atoms with van der Waals surface area (Å²) in [5.74, 6) is 0.